The van der Waals surface area contributed by atoms with Crippen LogP contribution in [-0.4, -0.2) is 36.4 Å². The first-order valence-electron chi connectivity index (χ1n) is 13.5. The van der Waals surface area contributed by atoms with Gasteiger partial charge in [0.2, 0.25) is 0 Å². The maximum Gasteiger partial charge on any atom is 0.416 e. The fraction of sp³-hybridized carbons (Fsp3) is 0.258. The van der Waals surface area contributed by atoms with Crippen molar-refractivity contribution < 1.29 is 27.2 Å². The van der Waals surface area contributed by atoms with E-state index < -0.39 is 29.4 Å². The standard InChI is InChI=1S/C31H26F4N4O2S/c1-18-6-4-7-22(32)27(18)37-29(40)25-16-19-12-15-39(24-17-20(31(33,34)35)10-11-21(24)28(19)42-25)30(41)23-8-5-9-26(36-23)38-13-2-3-14-38/h4-11,16-17H,2-3,12-15H2,1H3,(H,37,40). The van der Waals surface area contributed by atoms with Crippen LogP contribution in [0.4, 0.5) is 34.8 Å². The Morgan fingerprint density at radius 1 is 0.976 bits per heavy atom. The summed E-state index contributed by atoms with van der Waals surface area (Å²) in [5, 5.41) is 2.62. The molecular formula is C31H26F4N4O2S. The first kappa shape index (κ1) is 27.9. The second kappa shape index (κ2) is 10.9. The molecule has 4 heterocycles. The molecule has 0 spiro atoms. The largest absolute Gasteiger partial charge is 0.416 e. The number of benzene rings is 2. The smallest absolute Gasteiger partial charge is 0.357 e. The van der Waals surface area contributed by atoms with Gasteiger partial charge in [-0.3, -0.25) is 9.59 Å². The highest BCUT2D eigenvalue weighted by molar-refractivity contribution is 7.17. The van der Waals surface area contributed by atoms with Crippen molar-refractivity contribution in [3.05, 3.63) is 93.7 Å². The Morgan fingerprint density at radius 2 is 1.74 bits per heavy atom. The number of para-hydroxylation sites is 1. The minimum Gasteiger partial charge on any atom is -0.357 e. The van der Waals surface area contributed by atoms with Crippen LogP contribution in [0.1, 0.15) is 49.7 Å². The van der Waals surface area contributed by atoms with E-state index in [0.717, 1.165) is 49.4 Å². The quantitative estimate of drug-likeness (QED) is 0.251. The van der Waals surface area contributed by atoms with Crippen LogP contribution in [0.25, 0.3) is 10.4 Å². The summed E-state index contributed by atoms with van der Waals surface area (Å²) < 4.78 is 55.8. The van der Waals surface area contributed by atoms with E-state index >= 15 is 0 Å². The SMILES string of the molecule is Cc1cccc(F)c1NC(=O)c1cc2c(s1)-c1ccc(C(F)(F)F)cc1N(C(=O)c1cccc(N3CCCC3)n1)CC2. The molecule has 0 radical (unpaired) electrons. The molecule has 2 aliphatic heterocycles. The van der Waals surface area contributed by atoms with E-state index in [2.05, 4.69) is 15.2 Å². The van der Waals surface area contributed by atoms with Gasteiger partial charge in [-0.1, -0.05) is 24.3 Å². The Hall–Kier alpha value is -4.25. The third kappa shape index (κ3) is 5.24. The number of halogens is 4. The maximum absolute atomic E-state index is 14.4. The molecule has 42 heavy (non-hydrogen) atoms. The van der Waals surface area contributed by atoms with Crippen LogP contribution in [0.15, 0.2) is 60.7 Å². The van der Waals surface area contributed by atoms with Crippen LogP contribution in [-0.2, 0) is 12.6 Å². The zero-order chi connectivity index (χ0) is 29.6. The highest BCUT2D eigenvalue weighted by Crippen LogP contribution is 2.44. The van der Waals surface area contributed by atoms with Crippen molar-refractivity contribution in [2.75, 3.05) is 34.8 Å². The fourth-order valence-electron chi connectivity index (χ4n) is 5.41. The van der Waals surface area contributed by atoms with Crippen molar-refractivity contribution in [2.24, 2.45) is 0 Å². The van der Waals surface area contributed by atoms with Gasteiger partial charge in [-0.2, -0.15) is 13.2 Å². The fourth-order valence-corrected chi connectivity index (χ4v) is 6.55. The number of aromatic nitrogens is 1. The van der Waals surface area contributed by atoms with Crippen LogP contribution in [0.5, 0.6) is 0 Å². The summed E-state index contributed by atoms with van der Waals surface area (Å²) in [4.78, 5) is 35.8. The molecule has 2 aromatic carbocycles. The third-order valence-electron chi connectivity index (χ3n) is 7.59. The molecule has 1 saturated heterocycles. The zero-order valence-electron chi connectivity index (χ0n) is 22.6. The molecular weight excluding hydrogens is 568 g/mol. The molecule has 4 aromatic rings. The monoisotopic (exact) mass is 594 g/mol. The molecule has 0 bridgehead atoms. The predicted octanol–water partition coefficient (Wildman–Crippen LogP) is 7.33. The number of carbonyl (C=O) groups excluding carboxylic acids is 2. The third-order valence-corrected chi connectivity index (χ3v) is 8.80. The van der Waals surface area contributed by atoms with E-state index in [4.69, 9.17) is 0 Å². The number of alkyl halides is 3. The minimum absolute atomic E-state index is 0.0711. The van der Waals surface area contributed by atoms with E-state index in [9.17, 15) is 27.2 Å². The highest BCUT2D eigenvalue weighted by Gasteiger charge is 2.35. The molecule has 0 aliphatic carbocycles. The Labute approximate surface area is 243 Å². The summed E-state index contributed by atoms with van der Waals surface area (Å²) in [6.07, 6.45) is -2.26. The van der Waals surface area contributed by atoms with Gasteiger partial charge in [0.05, 0.1) is 21.8 Å². The summed E-state index contributed by atoms with van der Waals surface area (Å²) in [6, 6.07) is 14.6. The van der Waals surface area contributed by atoms with E-state index in [1.54, 1.807) is 37.3 Å². The van der Waals surface area contributed by atoms with Crippen LogP contribution >= 0.6 is 11.3 Å². The topological polar surface area (TPSA) is 65.5 Å². The van der Waals surface area contributed by atoms with Gasteiger partial charge in [0.25, 0.3) is 11.8 Å². The molecule has 1 N–H and O–H groups in total. The number of carbonyl (C=O) groups is 2. The number of pyridine rings is 1. The number of aryl methyl sites for hydroxylation is 1. The number of hydrogen-bond acceptors (Lipinski definition) is 5. The summed E-state index contributed by atoms with van der Waals surface area (Å²) in [6.45, 7) is 3.43. The molecule has 0 unspecified atom stereocenters. The Morgan fingerprint density at radius 3 is 2.48 bits per heavy atom. The molecule has 0 saturated carbocycles. The van der Waals surface area contributed by atoms with Gasteiger partial charge < -0.3 is 15.1 Å². The van der Waals surface area contributed by atoms with Gasteiger partial charge in [0, 0.05) is 30.1 Å². The van der Waals surface area contributed by atoms with Crippen molar-refractivity contribution in [1.29, 1.82) is 0 Å². The molecule has 216 valence electrons. The number of hydrogen-bond donors (Lipinski definition) is 1. The van der Waals surface area contributed by atoms with Gasteiger partial charge in [-0.05, 0) is 73.7 Å². The summed E-state index contributed by atoms with van der Waals surface area (Å²) in [7, 11) is 0. The Bertz CT molecular complexity index is 1670. The number of fused-ring (bicyclic) bond motifs is 3. The molecule has 6 rings (SSSR count). The van der Waals surface area contributed by atoms with Crippen LogP contribution in [0.3, 0.4) is 0 Å². The van der Waals surface area contributed by atoms with Crippen molar-refractivity contribution in [3.8, 4) is 10.4 Å². The second-order valence-electron chi connectivity index (χ2n) is 10.4. The second-order valence-corrected chi connectivity index (χ2v) is 11.4. The molecule has 2 amide bonds. The molecule has 0 atom stereocenters. The van der Waals surface area contributed by atoms with Crippen molar-refractivity contribution in [3.63, 3.8) is 0 Å². The van der Waals surface area contributed by atoms with Crippen LogP contribution in [0.2, 0.25) is 0 Å². The lowest BCUT2D eigenvalue weighted by molar-refractivity contribution is -0.137. The Balaban J connectivity index is 1.38. The lowest BCUT2D eigenvalue weighted by Crippen LogP contribution is -2.33. The normalized spacial score (nSPS) is 14.8. The maximum atomic E-state index is 14.4. The number of nitrogens with zero attached hydrogens (tertiary/aromatic N) is 3. The summed E-state index contributed by atoms with van der Waals surface area (Å²) in [5.74, 6) is -0.925. The van der Waals surface area contributed by atoms with Crippen molar-refractivity contribution in [2.45, 2.75) is 32.4 Å². The van der Waals surface area contributed by atoms with Gasteiger partial charge in [0.15, 0.2) is 0 Å². The molecule has 11 heteroatoms. The van der Waals surface area contributed by atoms with Crippen LogP contribution in [0, 0.1) is 12.7 Å². The van der Waals surface area contributed by atoms with E-state index in [0.29, 0.717) is 33.8 Å². The summed E-state index contributed by atoms with van der Waals surface area (Å²) >= 11 is 1.10. The van der Waals surface area contributed by atoms with Gasteiger partial charge in [-0.25, -0.2) is 9.37 Å². The van der Waals surface area contributed by atoms with E-state index in [1.165, 1.54) is 17.0 Å². The first-order chi connectivity index (χ1) is 20.1. The molecule has 2 aliphatic rings. The minimum atomic E-state index is -4.62. The highest BCUT2D eigenvalue weighted by atomic mass is 32.1. The molecule has 1 fully saturated rings. The number of rotatable bonds is 4. The van der Waals surface area contributed by atoms with Gasteiger partial charge >= 0.3 is 6.18 Å². The number of nitrogens with one attached hydrogen (secondary N) is 1. The van der Waals surface area contributed by atoms with Crippen molar-refractivity contribution in [1.82, 2.24) is 4.98 Å². The van der Waals surface area contributed by atoms with Gasteiger partial charge in [0.1, 0.15) is 17.3 Å². The van der Waals surface area contributed by atoms with E-state index in [1.807, 2.05) is 6.07 Å². The number of anilines is 3. The predicted molar refractivity (Wildman–Crippen MR) is 155 cm³/mol. The summed E-state index contributed by atoms with van der Waals surface area (Å²) in [5.41, 5.74) is 1.11. The average molecular weight is 595 g/mol. The Kier molecular flexibility index (Phi) is 7.22. The lowest BCUT2D eigenvalue weighted by atomic mass is 10.0. The van der Waals surface area contributed by atoms with Crippen LogP contribution < -0.4 is 15.1 Å². The zero-order valence-corrected chi connectivity index (χ0v) is 23.4. The average Bonchev–Trinajstić information content (AvgIpc) is 3.63. The lowest BCUT2D eigenvalue weighted by Gasteiger charge is -2.24. The van der Waals surface area contributed by atoms with E-state index in [-0.39, 0.29) is 28.5 Å². The number of thiophene rings is 1. The number of amides is 2. The van der Waals surface area contributed by atoms with Crippen molar-refractivity contribution >= 4 is 40.3 Å². The molecule has 6 nitrogen and oxygen atoms in total. The van der Waals surface area contributed by atoms with Gasteiger partial charge in [-0.15, -0.1) is 11.3 Å². The first-order valence-corrected chi connectivity index (χ1v) is 14.4. The molecule has 2 aromatic heterocycles.